The largest absolute Gasteiger partial charge is 0.367 e. The highest BCUT2D eigenvalue weighted by Crippen LogP contribution is 2.18. The summed E-state index contributed by atoms with van der Waals surface area (Å²) < 4.78 is 1.78. The van der Waals surface area contributed by atoms with Gasteiger partial charge >= 0.3 is 6.03 Å². The van der Waals surface area contributed by atoms with E-state index in [1.807, 2.05) is 19.4 Å². The van der Waals surface area contributed by atoms with E-state index in [9.17, 15) is 4.79 Å². The van der Waals surface area contributed by atoms with E-state index in [1.54, 1.807) is 4.68 Å². The number of anilines is 1. The van der Waals surface area contributed by atoms with Crippen LogP contribution < -0.4 is 15.5 Å². The molecule has 6 nitrogen and oxygen atoms in total. The fourth-order valence-corrected chi connectivity index (χ4v) is 2.27. The molecule has 1 unspecified atom stereocenters. The molecule has 0 aliphatic carbocycles. The van der Waals surface area contributed by atoms with Crippen LogP contribution in [0.1, 0.15) is 12.8 Å². The summed E-state index contributed by atoms with van der Waals surface area (Å²) in [5, 5.41) is 9.73. The maximum atomic E-state index is 11.6. The van der Waals surface area contributed by atoms with Crippen LogP contribution in [0.2, 0.25) is 0 Å². The third-order valence-electron chi connectivity index (χ3n) is 3.16. The van der Waals surface area contributed by atoms with Crippen LogP contribution >= 0.6 is 0 Å². The Morgan fingerprint density at radius 1 is 1.68 bits per heavy atom. The number of amides is 2. The van der Waals surface area contributed by atoms with Crippen LogP contribution in [0.3, 0.4) is 0 Å². The van der Waals surface area contributed by atoms with Gasteiger partial charge in [-0.1, -0.05) is 5.92 Å². The summed E-state index contributed by atoms with van der Waals surface area (Å²) in [6.45, 7) is 2.05. The van der Waals surface area contributed by atoms with Gasteiger partial charge in [0.2, 0.25) is 0 Å². The number of aryl methyl sites for hydroxylation is 1. The fourth-order valence-electron chi connectivity index (χ4n) is 2.27. The van der Waals surface area contributed by atoms with Crippen LogP contribution in [-0.4, -0.2) is 41.5 Å². The second-order valence-corrected chi connectivity index (χ2v) is 4.69. The zero-order chi connectivity index (χ0) is 13.7. The van der Waals surface area contributed by atoms with Crippen molar-refractivity contribution in [2.45, 2.75) is 18.9 Å². The maximum absolute atomic E-state index is 11.6. The Kier molecular flexibility index (Phi) is 4.29. The van der Waals surface area contributed by atoms with Gasteiger partial charge in [-0.2, -0.15) is 5.10 Å². The molecule has 0 spiro atoms. The Labute approximate surface area is 113 Å². The summed E-state index contributed by atoms with van der Waals surface area (Å²) in [5.74, 6) is 2.38. The number of urea groups is 1. The van der Waals surface area contributed by atoms with Crippen LogP contribution in [0.25, 0.3) is 0 Å². The Morgan fingerprint density at radius 3 is 3.21 bits per heavy atom. The molecule has 0 bridgehead atoms. The molecule has 1 atom stereocenters. The van der Waals surface area contributed by atoms with Crippen molar-refractivity contribution in [2.24, 2.45) is 7.05 Å². The van der Waals surface area contributed by atoms with Gasteiger partial charge in [0.1, 0.15) is 0 Å². The first kappa shape index (κ1) is 13.3. The average molecular weight is 261 g/mol. The molecule has 2 N–H and O–H groups in total. The summed E-state index contributed by atoms with van der Waals surface area (Å²) >= 11 is 0. The minimum absolute atomic E-state index is 0.145. The van der Waals surface area contributed by atoms with Crippen LogP contribution in [0, 0.1) is 12.3 Å². The molecule has 102 valence electrons. The molecule has 0 radical (unpaired) electrons. The minimum atomic E-state index is -0.198. The molecule has 6 heteroatoms. The van der Waals surface area contributed by atoms with Crippen LogP contribution in [-0.2, 0) is 7.05 Å². The first-order chi connectivity index (χ1) is 9.19. The third kappa shape index (κ3) is 3.65. The molecule has 0 saturated carbocycles. The lowest BCUT2D eigenvalue weighted by molar-refractivity contribution is 0.236. The summed E-state index contributed by atoms with van der Waals surface area (Å²) in [6.07, 6.45) is 11.0. The number of nitrogens with one attached hydrogen (secondary N) is 2. The van der Waals surface area contributed by atoms with Crippen molar-refractivity contribution in [1.29, 1.82) is 0 Å². The van der Waals surface area contributed by atoms with E-state index in [-0.39, 0.29) is 18.6 Å². The lowest BCUT2D eigenvalue weighted by Crippen LogP contribution is -2.50. The van der Waals surface area contributed by atoms with Crippen molar-refractivity contribution in [2.75, 3.05) is 24.5 Å². The fraction of sp³-hybridized carbons (Fsp3) is 0.538. The molecule has 2 amide bonds. The molecule has 1 aromatic heterocycles. The molecular weight excluding hydrogens is 242 g/mol. The standard InChI is InChI=1S/C13H19N5O/c1-3-6-14-13(19)16-11-5-4-7-18(9-11)12-8-15-17(2)10-12/h1,8,10-11H,4-7,9H2,2H3,(H2,14,16,19). The maximum Gasteiger partial charge on any atom is 0.315 e. The number of terminal acetylenes is 1. The lowest BCUT2D eigenvalue weighted by atomic mass is 10.1. The molecule has 19 heavy (non-hydrogen) atoms. The molecule has 1 saturated heterocycles. The number of hydrogen-bond donors (Lipinski definition) is 2. The Balaban J connectivity index is 1.87. The van der Waals surface area contributed by atoms with Gasteiger partial charge in [0, 0.05) is 32.4 Å². The monoisotopic (exact) mass is 261 g/mol. The summed E-state index contributed by atoms with van der Waals surface area (Å²) in [6, 6.07) is -0.0530. The Morgan fingerprint density at radius 2 is 2.53 bits per heavy atom. The molecular formula is C13H19N5O. The van der Waals surface area contributed by atoms with E-state index in [0.717, 1.165) is 31.6 Å². The Hall–Kier alpha value is -2.16. The van der Waals surface area contributed by atoms with Crippen LogP contribution in [0.15, 0.2) is 12.4 Å². The zero-order valence-corrected chi connectivity index (χ0v) is 11.1. The molecule has 1 aliphatic rings. The summed E-state index contributed by atoms with van der Waals surface area (Å²) in [4.78, 5) is 13.8. The number of carbonyl (C=O) groups excluding carboxylic acids is 1. The molecule has 2 rings (SSSR count). The molecule has 2 heterocycles. The zero-order valence-electron chi connectivity index (χ0n) is 11.1. The van der Waals surface area contributed by atoms with E-state index in [0.29, 0.717) is 0 Å². The van der Waals surface area contributed by atoms with E-state index in [1.165, 1.54) is 0 Å². The van der Waals surface area contributed by atoms with Crippen molar-refractivity contribution in [3.63, 3.8) is 0 Å². The number of hydrogen-bond acceptors (Lipinski definition) is 3. The Bertz CT molecular complexity index is 476. The van der Waals surface area contributed by atoms with Gasteiger partial charge in [-0.3, -0.25) is 4.68 Å². The van der Waals surface area contributed by atoms with E-state index in [2.05, 4.69) is 26.6 Å². The first-order valence-electron chi connectivity index (χ1n) is 6.40. The molecule has 1 aliphatic heterocycles. The number of carbonyl (C=O) groups is 1. The number of aromatic nitrogens is 2. The highest BCUT2D eigenvalue weighted by molar-refractivity contribution is 5.74. The first-order valence-corrected chi connectivity index (χ1v) is 6.40. The van der Waals surface area contributed by atoms with Gasteiger partial charge in [-0.15, -0.1) is 6.42 Å². The van der Waals surface area contributed by atoms with Crippen molar-refractivity contribution < 1.29 is 4.79 Å². The highest BCUT2D eigenvalue weighted by atomic mass is 16.2. The van der Waals surface area contributed by atoms with Gasteiger partial charge in [-0.25, -0.2) is 4.79 Å². The van der Waals surface area contributed by atoms with Gasteiger partial charge in [0.05, 0.1) is 18.4 Å². The van der Waals surface area contributed by atoms with E-state index >= 15 is 0 Å². The van der Waals surface area contributed by atoms with E-state index < -0.39 is 0 Å². The molecule has 1 aromatic rings. The van der Waals surface area contributed by atoms with Gasteiger partial charge in [-0.05, 0) is 12.8 Å². The topological polar surface area (TPSA) is 62.2 Å². The van der Waals surface area contributed by atoms with Crippen molar-refractivity contribution >= 4 is 11.7 Å². The van der Waals surface area contributed by atoms with Gasteiger partial charge < -0.3 is 15.5 Å². The van der Waals surface area contributed by atoms with Crippen molar-refractivity contribution in [3.05, 3.63) is 12.4 Å². The van der Waals surface area contributed by atoms with Crippen molar-refractivity contribution in [1.82, 2.24) is 20.4 Å². The van der Waals surface area contributed by atoms with Gasteiger partial charge in [0.25, 0.3) is 0 Å². The van der Waals surface area contributed by atoms with E-state index in [4.69, 9.17) is 6.42 Å². The second-order valence-electron chi connectivity index (χ2n) is 4.69. The quantitative estimate of drug-likeness (QED) is 0.770. The second kappa shape index (κ2) is 6.14. The normalized spacial score (nSPS) is 18.7. The lowest BCUT2D eigenvalue weighted by Gasteiger charge is -2.33. The smallest absolute Gasteiger partial charge is 0.315 e. The highest BCUT2D eigenvalue weighted by Gasteiger charge is 2.22. The summed E-state index contributed by atoms with van der Waals surface area (Å²) in [7, 11) is 1.90. The average Bonchev–Trinajstić information content (AvgIpc) is 2.83. The SMILES string of the molecule is C#CCNC(=O)NC1CCCN(c2cnn(C)c2)C1. The van der Waals surface area contributed by atoms with Gasteiger partial charge in [0.15, 0.2) is 0 Å². The van der Waals surface area contributed by atoms with Crippen molar-refractivity contribution in [3.8, 4) is 12.3 Å². The van der Waals surface area contributed by atoms with Crippen LogP contribution in [0.5, 0.6) is 0 Å². The molecule has 0 aromatic carbocycles. The number of piperidine rings is 1. The minimum Gasteiger partial charge on any atom is -0.367 e. The third-order valence-corrected chi connectivity index (χ3v) is 3.16. The predicted octanol–water partition coefficient (Wildman–Crippen LogP) is 0.321. The number of rotatable bonds is 3. The molecule has 1 fully saturated rings. The van der Waals surface area contributed by atoms with Crippen LogP contribution in [0.4, 0.5) is 10.5 Å². The summed E-state index contributed by atoms with van der Waals surface area (Å²) in [5.41, 5.74) is 1.10. The number of nitrogens with zero attached hydrogens (tertiary/aromatic N) is 3. The predicted molar refractivity (Wildman–Crippen MR) is 73.8 cm³/mol.